The summed E-state index contributed by atoms with van der Waals surface area (Å²) >= 11 is 0. The van der Waals surface area contributed by atoms with Gasteiger partial charge in [-0.3, -0.25) is 4.90 Å². The van der Waals surface area contributed by atoms with Crippen molar-refractivity contribution in [2.45, 2.75) is 18.4 Å². The van der Waals surface area contributed by atoms with Gasteiger partial charge in [0.05, 0.1) is 5.54 Å². The molecule has 1 atom stereocenters. The van der Waals surface area contributed by atoms with Gasteiger partial charge in [0.1, 0.15) is 0 Å². The average molecular weight is 349 g/mol. The van der Waals surface area contributed by atoms with E-state index in [1.165, 1.54) is 22.3 Å². The molecule has 0 unspecified atom stereocenters. The van der Waals surface area contributed by atoms with Gasteiger partial charge in [-0.15, -0.1) is 0 Å². The lowest BCUT2D eigenvalue weighted by Gasteiger charge is -2.45. The van der Waals surface area contributed by atoms with Crippen LogP contribution in [0, 0.1) is 0 Å². The fourth-order valence-electron chi connectivity index (χ4n) is 4.96. The molecule has 1 spiro atoms. The van der Waals surface area contributed by atoms with Crippen molar-refractivity contribution in [3.05, 3.63) is 53.1 Å². The number of hydrogen-bond donors (Lipinski definition) is 0. The van der Waals surface area contributed by atoms with E-state index in [1.54, 1.807) is 0 Å². The van der Waals surface area contributed by atoms with Gasteiger partial charge in [-0.25, -0.2) is 0 Å². The first-order valence-corrected chi connectivity index (χ1v) is 8.94. The summed E-state index contributed by atoms with van der Waals surface area (Å²) in [6.45, 7) is 6.08. The molecule has 2 aromatic rings. The molecule has 26 heavy (non-hydrogen) atoms. The number of fused-ring (bicyclic) bond motifs is 6. The van der Waals surface area contributed by atoms with E-state index in [0.29, 0.717) is 6.79 Å². The van der Waals surface area contributed by atoms with Crippen LogP contribution in [0.2, 0.25) is 0 Å². The molecule has 0 saturated heterocycles. The molecule has 1 aliphatic carbocycles. The second-order valence-electron chi connectivity index (χ2n) is 7.38. The van der Waals surface area contributed by atoms with Crippen LogP contribution in [0.1, 0.15) is 22.3 Å². The smallest absolute Gasteiger partial charge is 0.231 e. The first kappa shape index (κ1) is 14.5. The maximum absolute atomic E-state index is 5.79. The zero-order valence-corrected chi connectivity index (χ0v) is 14.6. The van der Waals surface area contributed by atoms with Crippen LogP contribution in [0.4, 0.5) is 0 Å². The van der Waals surface area contributed by atoms with Crippen molar-refractivity contribution in [3.8, 4) is 23.0 Å². The monoisotopic (exact) mass is 349 g/mol. The molecule has 5 nitrogen and oxygen atoms in total. The molecule has 0 N–H and O–H groups in total. The van der Waals surface area contributed by atoms with E-state index in [-0.39, 0.29) is 12.3 Å². The van der Waals surface area contributed by atoms with Gasteiger partial charge in [0.25, 0.3) is 0 Å². The van der Waals surface area contributed by atoms with Crippen LogP contribution in [0.5, 0.6) is 23.0 Å². The van der Waals surface area contributed by atoms with E-state index in [2.05, 4.69) is 36.7 Å². The molecular formula is C21H19NO4. The molecule has 3 heterocycles. The van der Waals surface area contributed by atoms with Crippen LogP contribution in [0.3, 0.4) is 0 Å². The number of benzene rings is 2. The molecular weight excluding hydrogens is 330 g/mol. The standard InChI is InChI=1S/C21H19NO4/c1-12-14-3-4-17-20(26-11-23-17)15(14)9-21(12)16-8-19-18(24-10-25-19)7-13(16)5-6-22(21)2/h3-4,7-8H,1,5-6,9-11H2,2H3/t21-/m0/s1. The molecule has 4 aliphatic rings. The van der Waals surface area contributed by atoms with Gasteiger partial charge >= 0.3 is 0 Å². The molecule has 0 bridgehead atoms. The highest BCUT2D eigenvalue weighted by molar-refractivity contribution is 5.84. The Morgan fingerprint density at radius 2 is 1.77 bits per heavy atom. The fraction of sp³-hybridized carbons (Fsp3) is 0.333. The summed E-state index contributed by atoms with van der Waals surface area (Å²) in [5.74, 6) is 3.38. The summed E-state index contributed by atoms with van der Waals surface area (Å²) in [5, 5.41) is 0. The highest BCUT2D eigenvalue weighted by Crippen LogP contribution is 2.57. The van der Waals surface area contributed by atoms with Gasteiger partial charge in [0, 0.05) is 18.5 Å². The van der Waals surface area contributed by atoms with E-state index in [4.69, 9.17) is 18.9 Å². The van der Waals surface area contributed by atoms with Crippen LogP contribution < -0.4 is 18.9 Å². The summed E-state index contributed by atoms with van der Waals surface area (Å²) in [7, 11) is 2.18. The third-order valence-corrected chi connectivity index (χ3v) is 6.31. The fourth-order valence-corrected chi connectivity index (χ4v) is 4.96. The van der Waals surface area contributed by atoms with Crippen molar-refractivity contribution < 1.29 is 18.9 Å². The first-order valence-electron chi connectivity index (χ1n) is 8.94. The average Bonchev–Trinajstić information content (AvgIpc) is 3.35. The highest BCUT2D eigenvalue weighted by atomic mass is 16.7. The Bertz CT molecular complexity index is 982. The van der Waals surface area contributed by atoms with E-state index < -0.39 is 0 Å². The maximum Gasteiger partial charge on any atom is 0.231 e. The summed E-state index contributed by atoms with van der Waals surface area (Å²) in [6, 6.07) is 8.42. The van der Waals surface area contributed by atoms with E-state index in [0.717, 1.165) is 48.0 Å². The largest absolute Gasteiger partial charge is 0.454 e. The Morgan fingerprint density at radius 1 is 1.00 bits per heavy atom. The van der Waals surface area contributed by atoms with Gasteiger partial charge in [0.2, 0.25) is 13.6 Å². The topological polar surface area (TPSA) is 40.2 Å². The molecule has 5 heteroatoms. The minimum Gasteiger partial charge on any atom is -0.454 e. The van der Waals surface area contributed by atoms with Crippen LogP contribution >= 0.6 is 0 Å². The number of likely N-dealkylation sites (N-methyl/N-ethyl adjacent to an activating group) is 1. The quantitative estimate of drug-likeness (QED) is 0.731. The van der Waals surface area contributed by atoms with Gasteiger partial charge in [-0.05, 0) is 53.9 Å². The lowest BCUT2D eigenvalue weighted by Crippen LogP contribution is -2.48. The Morgan fingerprint density at radius 3 is 2.65 bits per heavy atom. The maximum atomic E-state index is 5.79. The molecule has 0 aromatic heterocycles. The molecule has 2 aromatic carbocycles. The Labute approximate surface area is 151 Å². The second-order valence-corrected chi connectivity index (χ2v) is 7.38. The van der Waals surface area contributed by atoms with Crippen molar-refractivity contribution in [3.63, 3.8) is 0 Å². The molecule has 0 fully saturated rings. The van der Waals surface area contributed by atoms with Gasteiger partial charge in [0.15, 0.2) is 23.0 Å². The highest BCUT2D eigenvalue weighted by Gasteiger charge is 2.50. The van der Waals surface area contributed by atoms with Crippen LogP contribution in [-0.2, 0) is 18.4 Å². The molecule has 0 radical (unpaired) electrons. The summed E-state index contributed by atoms with van der Waals surface area (Å²) in [6.07, 6.45) is 1.82. The van der Waals surface area contributed by atoms with Crippen LogP contribution in [0.25, 0.3) is 5.57 Å². The van der Waals surface area contributed by atoms with Crippen LogP contribution in [0.15, 0.2) is 30.8 Å². The number of ether oxygens (including phenoxy) is 4. The van der Waals surface area contributed by atoms with Crippen molar-refractivity contribution >= 4 is 5.57 Å². The zero-order chi connectivity index (χ0) is 17.5. The molecule has 0 saturated carbocycles. The number of hydrogen-bond acceptors (Lipinski definition) is 5. The minimum absolute atomic E-state index is 0.280. The van der Waals surface area contributed by atoms with Crippen LogP contribution in [-0.4, -0.2) is 32.1 Å². The minimum atomic E-state index is -0.280. The predicted octanol–water partition coefficient (Wildman–Crippen LogP) is 3.10. The number of rotatable bonds is 0. The third-order valence-electron chi connectivity index (χ3n) is 6.31. The Hall–Kier alpha value is -2.66. The lowest BCUT2D eigenvalue weighted by atomic mass is 9.76. The predicted molar refractivity (Wildman–Crippen MR) is 95.9 cm³/mol. The van der Waals surface area contributed by atoms with Crippen molar-refractivity contribution in [2.24, 2.45) is 0 Å². The molecule has 6 rings (SSSR count). The SMILES string of the molecule is C=C1c2ccc3c(c2C[C@@]12c1cc4c(cc1CCN2C)OCO4)OCO3. The summed E-state index contributed by atoms with van der Waals surface area (Å²) in [4.78, 5) is 2.42. The zero-order valence-electron chi connectivity index (χ0n) is 14.6. The van der Waals surface area contributed by atoms with Crippen molar-refractivity contribution in [2.75, 3.05) is 27.2 Å². The van der Waals surface area contributed by atoms with Gasteiger partial charge < -0.3 is 18.9 Å². The molecule has 0 amide bonds. The lowest BCUT2D eigenvalue weighted by molar-refractivity contribution is 0.162. The normalized spacial score (nSPS) is 24.9. The van der Waals surface area contributed by atoms with E-state index in [9.17, 15) is 0 Å². The van der Waals surface area contributed by atoms with E-state index >= 15 is 0 Å². The Balaban J connectivity index is 1.58. The third kappa shape index (κ3) is 1.60. The van der Waals surface area contributed by atoms with E-state index in [1.807, 2.05) is 6.07 Å². The van der Waals surface area contributed by atoms with Gasteiger partial charge in [-0.2, -0.15) is 0 Å². The first-order chi connectivity index (χ1) is 12.7. The van der Waals surface area contributed by atoms with Gasteiger partial charge in [-0.1, -0.05) is 12.6 Å². The number of nitrogens with zero attached hydrogens (tertiary/aromatic N) is 1. The summed E-state index contributed by atoms with van der Waals surface area (Å²) < 4.78 is 22.7. The second kappa shape index (κ2) is 4.74. The molecule has 3 aliphatic heterocycles. The van der Waals surface area contributed by atoms with Crippen molar-refractivity contribution in [1.29, 1.82) is 0 Å². The molecule has 132 valence electrons. The van der Waals surface area contributed by atoms with Crippen molar-refractivity contribution in [1.82, 2.24) is 4.90 Å². The summed E-state index contributed by atoms with van der Waals surface area (Å²) in [5.41, 5.74) is 5.79. The Kier molecular flexibility index (Phi) is 2.64.